The van der Waals surface area contributed by atoms with Gasteiger partial charge in [0.2, 0.25) is 11.8 Å². The molecule has 10 rings (SSSR count). The zero-order valence-electron chi connectivity index (χ0n) is 54.4. The van der Waals surface area contributed by atoms with Crippen LogP contribution in [0.5, 0.6) is 22.4 Å². The molecule has 0 unspecified atom stereocenters. The summed E-state index contributed by atoms with van der Waals surface area (Å²) in [4.78, 5) is 54.2. The Balaban J connectivity index is 0.000000197. The molecule has 5 heterocycles. The summed E-state index contributed by atoms with van der Waals surface area (Å²) in [7, 11) is 4.73. The van der Waals surface area contributed by atoms with Crippen LogP contribution in [-0.2, 0) is 28.7 Å². The molecule has 25 nitrogen and oxygen atoms in total. The number of ether oxygens (including phenoxy) is 5. The number of hydrogen-bond acceptors (Lipinski definition) is 29. The number of halogens is 6. The van der Waals surface area contributed by atoms with E-state index in [0.717, 1.165) is 11.1 Å². The summed E-state index contributed by atoms with van der Waals surface area (Å²) in [6.07, 6.45) is 1.66. The number of aromatic nitrogens is 10. The molecule has 0 saturated heterocycles. The highest BCUT2D eigenvalue weighted by atomic mass is 35.5. The highest BCUT2D eigenvalue weighted by molar-refractivity contribution is 7.99. The topological polar surface area (TPSA) is 333 Å². The largest absolute Gasteiger partial charge is 0.497 e. The van der Waals surface area contributed by atoms with Gasteiger partial charge in [-0.15, -0.1) is 45.9 Å². The molecule has 0 radical (unpaired) electrons. The SMILES string of the molecule is CCOC(=O)CCSc1nnc(-c2ccc(Cl)cc2Cl)o1.COc1cc(C)ccc1-c1nnc(SCCC(C)=O)o1.COc1cc(Cl)ccc1-c1nnc(SCCC(C)=O)o1.COc1ccc(-c2nnc(SCCC(C)=O)o2)c(Cl)c1.O=C(O)CCOc1nnc(-c2ccc(Cl)cc2Cl)s1. The Bertz CT molecular complexity index is 4220. The zero-order chi connectivity index (χ0) is 72.7. The molecule has 1 N–H and O–H groups in total. The summed E-state index contributed by atoms with van der Waals surface area (Å²) < 4.78 is 47.8. The van der Waals surface area contributed by atoms with E-state index in [4.69, 9.17) is 116 Å². The number of carboxylic acids is 1. The number of ketones is 3. The second-order valence-corrected chi connectivity index (χ2v) is 27.5. The number of nitrogens with zero attached hydrogens (tertiary/aromatic N) is 10. The first-order valence-electron chi connectivity index (χ1n) is 29.4. The maximum Gasteiger partial charge on any atom is 0.306 e. The van der Waals surface area contributed by atoms with Crippen LogP contribution in [0.2, 0.25) is 30.1 Å². The van der Waals surface area contributed by atoms with Crippen LogP contribution in [0.1, 0.15) is 65.4 Å². The van der Waals surface area contributed by atoms with Gasteiger partial charge >= 0.3 is 11.9 Å². The summed E-state index contributed by atoms with van der Waals surface area (Å²) in [5, 5.41) is 53.5. The van der Waals surface area contributed by atoms with Crippen molar-refractivity contribution in [3.63, 3.8) is 0 Å². The highest BCUT2D eigenvalue weighted by Crippen LogP contribution is 2.38. The van der Waals surface area contributed by atoms with Gasteiger partial charge in [0.05, 0.1) is 78.1 Å². The third-order valence-corrected chi connectivity index (χ3v) is 18.0. The number of aryl methyl sites for hydroxylation is 1. The van der Waals surface area contributed by atoms with Gasteiger partial charge in [0.25, 0.3) is 37.9 Å². The zero-order valence-corrected chi connectivity index (χ0v) is 63.0. The van der Waals surface area contributed by atoms with E-state index in [0.29, 0.717) is 173 Å². The van der Waals surface area contributed by atoms with Crippen LogP contribution in [-0.4, -0.2) is 143 Å². The maximum atomic E-state index is 11.2. The molecule has 36 heteroatoms. The molecule has 0 amide bonds. The fraction of sp³-hybridized carbons (Fsp3) is 0.297. The van der Waals surface area contributed by atoms with Gasteiger partial charge in [-0.3, -0.25) is 24.0 Å². The van der Waals surface area contributed by atoms with Gasteiger partial charge in [0.15, 0.2) is 5.01 Å². The van der Waals surface area contributed by atoms with Crippen molar-refractivity contribution in [2.24, 2.45) is 0 Å². The molecule has 5 aromatic heterocycles. The summed E-state index contributed by atoms with van der Waals surface area (Å²) >= 11 is 42.4. The van der Waals surface area contributed by atoms with Gasteiger partial charge in [-0.05, 0) is 125 Å². The van der Waals surface area contributed by atoms with Crippen LogP contribution in [0.25, 0.3) is 56.4 Å². The quantitative estimate of drug-likeness (QED) is 0.0336. The van der Waals surface area contributed by atoms with E-state index in [9.17, 15) is 24.0 Å². The van der Waals surface area contributed by atoms with Gasteiger partial charge in [-0.2, -0.15) is 0 Å². The lowest BCUT2D eigenvalue weighted by Crippen LogP contribution is -2.04. The van der Waals surface area contributed by atoms with Crippen LogP contribution in [0.3, 0.4) is 0 Å². The van der Waals surface area contributed by atoms with Crippen molar-refractivity contribution in [1.29, 1.82) is 0 Å². The normalized spacial score (nSPS) is 10.5. The van der Waals surface area contributed by atoms with Gasteiger partial charge in [0.1, 0.15) is 41.2 Å². The Morgan fingerprint density at radius 1 is 0.460 bits per heavy atom. The Morgan fingerprint density at radius 3 is 1.28 bits per heavy atom. The van der Waals surface area contributed by atoms with Gasteiger partial charge in [0, 0.05) is 62.9 Å². The Hall–Kier alpha value is -7.49. The number of thioether (sulfide) groups is 4. The Morgan fingerprint density at radius 2 is 0.860 bits per heavy atom. The molecule has 0 fully saturated rings. The number of carboxylic acid groups (broad SMARTS) is 1. The lowest BCUT2D eigenvalue weighted by atomic mass is 10.1. The summed E-state index contributed by atoms with van der Waals surface area (Å²) in [6, 6.07) is 26.2. The maximum absolute atomic E-state index is 11.2. The number of esters is 1. The van der Waals surface area contributed by atoms with Crippen molar-refractivity contribution >= 4 is 157 Å². The first-order valence-corrected chi connectivity index (χ1v) is 36.4. The van der Waals surface area contributed by atoms with Gasteiger partial charge in [-0.25, -0.2) is 0 Å². The minimum absolute atomic E-state index is 0.0539. The predicted octanol–water partition coefficient (Wildman–Crippen LogP) is 17.5. The van der Waals surface area contributed by atoms with Crippen molar-refractivity contribution in [3.8, 4) is 78.8 Å². The molecular formula is C64H62Cl6N10O15S5. The van der Waals surface area contributed by atoms with E-state index in [1.54, 1.807) is 122 Å². The number of benzene rings is 5. The number of rotatable bonds is 29. The van der Waals surface area contributed by atoms with Crippen molar-refractivity contribution in [2.45, 2.75) is 87.6 Å². The smallest absolute Gasteiger partial charge is 0.306 e. The van der Waals surface area contributed by atoms with E-state index in [1.807, 2.05) is 25.1 Å². The molecule has 0 aliphatic rings. The highest BCUT2D eigenvalue weighted by Gasteiger charge is 2.19. The third kappa shape index (κ3) is 27.8. The van der Waals surface area contributed by atoms with Gasteiger partial charge in [-0.1, -0.05) is 139 Å². The first kappa shape index (κ1) is 81.5. The van der Waals surface area contributed by atoms with Crippen LogP contribution in [0.4, 0.5) is 0 Å². The van der Waals surface area contributed by atoms with E-state index in [-0.39, 0.29) is 42.8 Å². The lowest BCUT2D eigenvalue weighted by molar-refractivity contribution is -0.142. The Labute approximate surface area is 624 Å². The minimum atomic E-state index is -0.925. The summed E-state index contributed by atoms with van der Waals surface area (Å²) in [5.74, 6) is 5.03. The second kappa shape index (κ2) is 42.7. The van der Waals surface area contributed by atoms with E-state index < -0.39 is 5.97 Å². The van der Waals surface area contributed by atoms with Crippen molar-refractivity contribution in [3.05, 3.63) is 127 Å². The molecule has 5 aromatic carbocycles. The Kier molecular flexibility index (Phi) is 34.8. The fourth-order valence-corrected chi connectivity index (χ4v) is 12.6. The average Bonchev–Trinajstić information content (AvgIpc) is 1.68. The van der Waals surface area contributed by atoms with Crippen LogP contribution >= 0.6 is 128 Å². The van der Waals surface area contributed by atoms with Crippen molar-refractivity contribution in [2.75, 3.05) is 57.6 Å². The lowest BCUT2D eigenvalue weighted by Gasteiger charge is -2.05. The molecule has 530 valence electrons. The van der Waals surface area contributed by atoms with Crippen LogP contribution in [0, 0.1) is 6.92 Å². The molecule has 0 atom stereocenters. The monoisotopic (exact) mass is 1580 g/mol. The molecule has 0 aliphatic carbocycles. The molecule has 0 aliphatic heterocycles. The average molecular weight is 1580 g/mol. The molecule has 10 aromatic rings. The molecule has 100 heavy (non-hydrogen) atoms. The van der Waals surface area contributed by atoms with Gasteiger partial charge < -0.3 is 46.5 Å². The van der Waals surface area contributed by atoms with Crippen molar-refractivity contribution < 1.29 is 70.4 Å². The standard InChI is InChI=1S/C14H16N2O3S.C13H12Cl2N2O3S.2C13H13ClN2O3S.C11H8Cl2N2O3S/c1-9-4-5-11(12(8-9)18-3)13-15-16-14(19-13)20-7-6-10(2)17;1-2-19-11(18)5-6-21-13-17-16-12(20-13)9-4-3-8(14)7-10(9)15;1-8(17)5-6-20-13-16-15-12(19-13)10-4-3-9(18-2)7-11(10)14;1-8(17)5-6-20-13-16-15-12(19-13)10-4-3-9(14)7-11(10)18-2;12-6-1-2-7(8(13)5-6)10-14-15-11(19-10)18-4-3-9(16)17/h4-5,8H,6-7H2,1-3H3;3-4,7H,2,5-6H2,1H3;2*3-4,7H,5-6H2,1-2H3;1-2,5H,3-4H2,(H,16,17). The van der Waals surface area contributed by atoms with Crippen LogP contribution < -0.4 is 18.9 Å². The predicted molar refractivity (Wildman–Crippen MR) is 387 cm³/mol. The molecule has 0 saturated carbocycles. The minimum Gasteiger partial charge on any atom is -0.497 e. The van der Waals surface area contributed by atoms with E-state index in [2.05, 4.69) is 51.0 Å². The first-order chi connectivity index (χ1) is 47.9. The fourth-order valence-electron chi connectivity index (χ4n) is 7.35. The molecular weight excluding hydrogens is 1520 g/mol. The number of aliphatic carboxylic acids is 1. The molecule has 0 spiro atoms. The third-order valence-electron chi connectivity index (χ3n) is 12.2. The van der Waals surface area contributed by atoms with E-state index >= 15 is 0 Å². The summed E-state index contributed by atoms with van der Waals surface area (Å²) in [6.45, 7) is 8.86. The van der Waals surface area contributed by atoms with Crippen LogP contribution in [0.15, 0.2) is 130 Å². The number of carbonyl (C=O) groups is 5. The number of carbonyl (C=O) groups excluding carboxylic acids is 4. The number of methoxy groups -OCH3 is 3. The number of hydrogen-bond donors (Lipinski definition) is 1. The second-order valence-electron chi connectivity index (χ2n) is 19.8. The van der Waals surface area contributed by atoms with Crippen molar-refractivity contribution in [1.82, 2.24) is 51.0 Å². The molecule has 0 bridgehead atoms. The van der Waals surface area contributed by atoms with E-state index in [1.165, 1.54) is 58.4 Å². The number of Topliss-reactive ketones (excluding diaryl/α,β-unsaturated/α-hetero) is 3. The summed E-state index contributed by atoms with van der Waals surface area (Å²) in [5.41, 5.74) is 4.52.